The lowest BCUT2D eigenvalue weighted by atomic mass is 10.1. The molecule has 1 aliphatic heterocycles. The van der Waals surface area contributed by atoms with Gasteiger partial charge in [0.05, 0.1) is 17.6 Å². The van der Waals surface area contributed by atoms with Crippen molar-refractivity contribution in [1.29, 1.82) is 0 Å². The second-order valence-corrected chi connectivity index (χ2v) is 6.04. The molecule has 1 N–H and O–H groups in total. The maximum absolute atomic E-state index is 12.1. The second-order valence-electron chi connectivity index (χ2n) is 6.04. The van der Waals surface area contributed by atoms with Gasteiger partial charge in [0.1, 0.15) is 0 Å². The molecule has 0 aliphatic carbocycles. The highest BCUT2D eigenvalue weighted by atomic mass is 16.6. The van der Waals surface area contributed by atoms with Crippen LogP contribution in [-0.2, 0) is 9.53 Å². The predicted octanol–water partition coefficient (Wildman–Crippen LogP) is 2.34. The molecule has 0 bridgehead atoms. The Labute approximate surface area is 135 Å². The summed E-state index contributed by atoms with van der Waals surface area (Å²) < 4.78 is 5.57. The summed E-state index contributed by atoms with van der Waals surface area (Å²) in [6.07, 6.45) is 0.569. The van der Waals surface area contributed by atoms with E-state index in [2.05, 4.69) is 17.1 Å². The van der Waals surface area contributed by atoms with Crippen molar-refractivity contribution in [2.24, 2.45) is 0 Å². The summed E-state index contributed by atoms with van der Waals surface area (Å²) >= 11 is 0. The van der Waals surface area contributed by atoms with Gasteiger partial charge in [-0.15, -0.1) is 0 Å². The summed E-state index contributed by atoms with van der Waals surface area (Å²) in [5.74, 6) is -0.0895. The highest BCUT2D eigenvalue weighted by Crippen LogP contribution is 2.21. The molecule has 0 aromatic heterocycles. The molecule has 1 aromatic carbocycles. The number of carbonyl (C=O) groups is 1. The van der Waals surface area contributed by atoms with E-state index in [1.807, 2.05) is 6.92 Å². The molecule has 0 unspecified atom stereocenters. The Bertz CT molecular complexity index is 591. The van der Waals surface area contributed by atoms with Gasteiger partial charge in [-0.2, -0.15) is 0 Å². The Morgan fingerprint density at radius 1 is 1.48 bits per heavy atom. The number of hydrogen-bond donors (Lipinski definition) is 1. The minimum atomic E-state index is -0.445. The van der Waals surface area contributed by atoms with E-state index < -0.39 is 4.92 Å². The van der Waals surface area contributed by atoms with Crippen LogP contribution < -0.4 is 5.32 Å². The third-order valence-corrected chi connectivity index (χ3v) is 4.06. The lowest BCUT2D eigenvalue weighted by molar-refractivity contribution is -0.384. The molecule has 23 heavy (non-hydrogen) atoms. The van der Waals surface area contributed by atoms with Crippen LogP contribution in [0.1, 0.15) is 25.8 Å². The van der Waals surface area contributed by atoms with Crippen LogP contribution >= 0.6 is 0 Å². The average Bonchev–Trinajstić information content (AvgIpc) is 2.50. The van der Waals surface area contributed by atoms with E-state index in [0.717, 1.165) is 6.54 Å². The Kier molecular flexibility index (Phi) is 5.68. The highest BCUT2D eigenvalue weighted by molar-refractivity contribution is 5.91. The van der Waals surface area contributed by atoms with Crippen LogP contribution in [-0.4, -0.2) is 47.6 Å². The number of amides is 1. The minimum Gasteiger partial charge on any atom is -0.376 e. The van der Waals surface area contributed by atoms with Gasteiger partial charge in [0.15, 0.2) is 0 Å². The zero-order valence-electron chi connectivity index (χ0n) is 13.7. The van der Waals surface area contributed by atoms with Crippen molar-refractivity contribution in [3.8, 4) is 0 Å². The van der Waals surface area contributed by atoms with Gasteiger partial charge < -0.3 is 10.1 Å². The first kappa shape index (κ1) is 17.4. The Balaban J connectivity index is 1.88. The van der Waals surface area contributed by atoms with Gasteiger partial charge in [-0.05, 0) is 32.4 Å². The molecule has 1 heterocycles. The van der Waals surface area contributed by atoms with Gasteiger partial charge in [0.2, 0.25) is 5.91 Å². The number of morpholine rings is 1. The van der Waals surface area contributed by atoms with Crippen LogP contribution in [0.25, 0.3) is 0 Å². The number of benzene rings is 1. The van der Waals surface area contributed by atoms with Crippen LogP contribution in [0.5, 0.6) is 0 Å². The first-order valence-electron chi connectivity index (χ1n) is 7.77. The van der Waals surface area contributed by atoms with Crippen molar-refractivity contribution >= 4 is 17.3 Å². The quantitative estimate of drug-likeness (QED) is 0.664. The number of hydrogen-bond acceptors (Lipinski definition) is 5. The molecular formula is C16H23N3O4. The number of anilines is 1. The Morgan fingerprint density at radius 2 is 2.22 bits per heavy atom. The van der Waals surface area contributed by atoms with Gasteiger partial charge >= 0.3 is 0 Å². The summed E-state index contributed by atoms with van der Waals surface area (Å²) in [6, 6.07) is 4.74. The molecule has 0 radical (unpaired) electrons. The molecule has 0 spiro atoms. The fourth-order valence-electron chi connectivity index (χ4n) is 2.64. The van der Waals surface area contributed by atoms with Crippen LogP contribution in [0.3, 0.4) is 0 Å². The van der Waals surface area contributed by atoms with E-state index in [4.69, 9.17) is 4.74 Å². The molecule has 7 heteroatoms. The fourth-order valence-corrected chi connectivity index (χ4v) is 2.64. The maximum Gasteiger partial charge on any atom is 0.269 e. The molecule has 1 saturated heterocycles. The number of carbonyl (C=O) groups excluding carboxylic acids is 1. The zero-order chi connectivity index (χ0) is 17.0. The second kappa shape index (κ2) is 7.52. The monoisotopic (exact) mass is 321 g/mol. The molecule has 126 valence electrons. The number of non-ortho nitro benzene ring substituents is 1. The first-order valence-corrected chi connectivity index (χ1v) is 7.77. The fraction of sp³-hybridized carbons (Fsp3) is 0.562. The zero-order valence-corrected chi connectivity index (χ0v) is 13.7. The van der Waals surface area contributed by atoms with Gasteiger partial charge in [-0.25, -0.2) is 0 Å². The minimum absolute atomic E-state index is 0.0247. The lowest BCUT2D eigenvalue weighted by Crippen LogP contribution is -2.48. The van der Waals surface area contributed by atoms with Crippen molar-refractivity contribution in [2.45, 2.75) is 39.3 Å². The Morgan fingerprint density at radius 3 is 2.87 bits per heavy atom. The van der Waals surface area contributed by atoms with Crippen molar-refractivity contribution in [3.63, 3.8) is 0 Å². The third-order valence-electron chi connectivity index (χ3n) is 4.06. The molecule has 2 atom stereocenters. The smallest absolute Gasteiger partial charge is 0.269 e. The summed E-state index contributed by atoms with van der Waals surface area (Å²) in [7, 11) is 0. The molecule has 7 nitrogen and oxygen atoms in total. The van der Waals surface area contributed by atoms with Gasteiger partial charge in [-0.1, -0.05) is 0 Å². The van der Waals surface area contributed by atoms with Crippen LogP contribution in [0.2, 0.25) is 0 Å². The van der Waals surface area contributed by atoms with E-state index in [1.54, 1.807) is 13.0 Å². The lowest BCUT2D eigenvalue weighted by Gasteiger charge is -2.36. The summed E-state index contributed by atoms with van der Waals surface area (Å²) in [5, 5.41) is 13.5. The van der Waals surface area contributed by atoms with Gasteiger partial charge in [0.25, 0.3) is 5.69 Å². The van der Waals surface area contributed by atoms with E-state index in [9.17, 15) is 14.9 Å². The molecule has 2 rings (SSSR count). The van der Waals surface area contributed by atoms with Crippen LogP contribution in [0.15, 0.2) is 18.2 Å². The normalized spacial score (nSPS) is 21.9. The molecule has 0 saturated carbocycles. The third kappa shape index (κ3) is 4.74. The van der Waals surface area contributed by atoms with E-state index >= 15 is 0 Å². The van der Waals surface area contributed by atoms with Crippen molar-refractivity contribution < 1.29 is 14.5 Å². The topological polar surface area (TPSA) is 84.7 Å². The van der Waals surface area contributed by atoms with Gasteiger partial charge in [-0.3, -0.25) is 19.8 Å². The van der Waals surface area contributed by atoms with Crippen molar-refractivity contribution in [1.82, 2.24) is 4.90 Å². The molecule has 1 aromatic rings. The van der Waals surface area contributed by atoms with E-state index in [-0.39, 0.29) is 17.7 Å². The van der Waals surface area contributed by atoms with Crippen molar-refractivity contribution in [2.75, 3.05) is 25.0 Å². The summed E-state index contributed by atoms with van der Waals surface area (Å²) in [4.78, 5) is 24.6. The maximum atomic E-state index is 12.1. The average molecular weight is 321 g/mol. The number of ether oxygens (including phenoxy) is 1. The number of aryl methyl sites for hydroxylation is 1. The Hall–Kier alpha value is -1.99. The number of nitro benzene ring substituents is 1. The molecule has 1 fully saturated rings. The number of nitro groups is 1. The molecular weight excluding hydrogens is 298 g/mol. The standard InChI is InChI=1S/C16H23N3O4/c1-11-8-14(19(21)22)4-5-15(11)17-16(20)6-7-18-9-13(3)23-10-12(18)2/h4-5,8,12-13H,6-7,9-10H2,1-3H3,(H,17,20)/t12-,13-/m1/s1. The SMILES string of the molecule is Cc1cc([N+](=O)[O-])ccc1NC(=O)CCN1C[C@@H](C)OC[C@H]1C. The van der Waals surface area contributed by atoms with Gasteiger partial charge in [0, 0.05) is 43.4 Å². The largest absolute Gasteiger partial charge is 0.376 e. The first-order chi connectivity index (χ1) is 10.9. The number of nitrogens with one attached hydrogen (secondary N) is 1. The van der Waals surface area contributed by atoms with Crippen LogP contribution in [0.4, 0.5) is 11.4 Å². The summed E-state index contributed by atoms with van der Waals surface area (Å²) in [5.41, 5.74) is 1.32. The molecule has 1 aliphatic rings. The van der Waals surface area contributed by atoms with Crippen molar-refractivity contribution in [3.05, 3.63) is 33.9 Å². The highest BCUT2D eigenvalue weighted by Gasteiger charge is 2.23. The van der Waals surface area contributed by atoms with E-state index in [0.29, 0.717) is 36.9 Å². The molecule has 1 amide bonds. The predicted molar refractivity (Wildman–Crippen MR) is 87.5 cm³/mol. The summed E-state index contributed by atoms with van der Waals surface area (Å²) in [6.45, 7) is 8.04. The van der Waals surface area contributed by atoms with E-state index in [1.165, 1.54) is 12.1 Å². The van der Waals surface area contributed by atoms with Crippen LogP contribution in [0, 0.1) is 17.0 Å². The number of nitrogens with zero attached hydrogens (tertiary/aromatic N) is 2. The number of rotatable bonds is 5.